The summed E-state index contributed by atoms with van der Waals surface area (Å²) in [6, 6.07) is 8.66. The average molecular weight is 614 g/mol. The highest BCUT2D eigenvalue weighted by Crippen LogP contribution is 2.45. The van der Waals surface area contributed by atoms with E-state index in [4.69, 9.17) is 42.6 Å². The fourth-order valence-electron chi connectivity index (χ4n) is 5.62. The summed E-state index contributed by atoms with van der Waals surface area (Å²) < 4.78 is 40.4. The quantitative estimate of drug-likeness (QED) is 0.331. The zero-order valence-corrected chi connectivity index (χ0v) is 24.6. The van der Waals surface area contributed by atoms with Gasteiger partial charge in [-0.25, -0.2) is 8.78 Å². The Morgan fingerprint density at radius 3 is 2.29 bits per heavy atom. The molecular formula is C30H36Cl2F2N2O5. The predicted molar refractivity (Wildman–Crippen MR) is 153 cm³/mol. The third kappa shape index (κ3) is 8.31. The molecule has 2 heterocycles. The molecule has 41 heavy (non-hydrogen) atoms. The third-order valence-corrected chi connectivity index (χ3v) is 8.36. The molecule has 2 aromatic rings. The van der Waals surface area contributed by atoms with Gasteiger partial charge in [0.05, 0.1) is 31.4 Å². The number of rotatable bonds is 9. The molecule has 1 amide bonds. The van der Waals surface area contributed by atoms with Crippen LogP contribution in [0.15, 0.2) is 30.3 Å². The van der Waals surface area contributed by atoms with Gasteiger partial charge in [-0.05, 0) is 92.4 Å². The van der Waals surface area contributed by atoms with E-state index in [2.05, 4.69) is 4.90 Å². The summed E-state index contributed by atoms with van der Waals surface area (Å²) in [5.74, 6) is 0.106. The number of carboxylic acid groups (broad SMARTS) is 1. The van der Waals surface area contributed by atoms with Gasteiger partial charge in [-0.2, -0.15) is 0 Å². The number of amides is 1. The SMILES string of the molecule is COCC(c1cc(Cl)cc(Cl)c1)N1CCC(COc2cc(F)c(C(=O)N3CCC(F)C3)cc2C2CC2)CC1.O=CO. The Balaban J connectivity index is 0.00000124. The van der Waals surface area contributed by atoms with Crippen molar-refractivity contribution in [3.8, 4) is 5.75 Å². The Morgan fingerprint density at radius 1 is 1.07 bits per heavy atom. The minimum atomic E-state index is -1.04. The lowest BCUT2D eigenvalue weighted by Gasteiger charge is -2.37. The normalized spacial score (nSPS) is 20.3. The molecule has 7 nitrogen and oxygen atoms in total. The van der Waals surface area contributed by atoms with Crippen LogP contribution < -0.4 is 4.74 Å². The van der Waals surface area contributed by atoms with Crippen molar-refractivity contribution in [3.05, 3.63) is 62.9 Å². The van der Waals surface area contributed by atoms with E-state index in [0.29, 0.717) is 47.9 Å². The van der Waals surface area contributed by atoms with Crippen LogP contribution in [0, 0.1) is 11.7 Å². The predicted octanol–water partition coefficient (Wildman–Crippen LogP) is 6.37. The maximum absolute atomic E-state index is 15.1. The third-order valence-electron chi connectivity index (χ3n) is 7.92. The Hall–Kier alpha value is -2.46. The highest BCUT2D eigenvalue weighted by atomic mass is 35.5. The van der Waals surface area contributed by atoms with E-state index in [1.807, 2.05) is 12.1 Å². The second-order valence-corrected chi connectivity index (χ2v) is 11.7. The van der Waals surface area contributed by atoms with Crippen LogP contribution in [0.3, 0.4) is 0 Å². The van der Waals surface area contributed by atoms with Crippen molar-refractivity contribution in [1.82, 2.24) is 9.80 Å². The fraction of sp³-hybridized carbons (Fsp3) is 0.533. The van der Waals surface area contributed by atoms with Crippen LogP contribution in [0.5, 0.6) is 5.75 Å². The molecule has 224 valence electrons. The number of piperidine rings is 1. The van der Waals surface area contributed by atoms with Crippen molar-refractivity contribution >= 4 is 35.6 Å². The van der Waals surface area contributed by atoms with Gasteiger partial charge in [0, 0.05) is 29.8 Å². The molecule has 0 aromatic heterocycles. The first-order valence-corrected chi connectivity index (χ1v) is 14.7. The molecule has 11 heteroatoms. The zero-order valence-electron chi connectivity index (χ0n) is 23.0. The summed E-state index contributed by atoms with van der Waals surface area (Å²) in [6.07, 6.45) is 3.14. The number of methoxy groups -OCH3 is 1. The Morgan fingerprint density at radius 2 is 1.73 bits per heavy atom. The highest BCUT2D eigenvalue weighted by Gasteiger charge is 2.33. The second kappa shape index (κ2) is 14.6. The standard InChI is InChI=1S/C29H34Cl2F2N2O3.CH2O2/c1-37-17-27(20-10-21(30)12-22(31)11-20)34-7-4-18(5-8-34)16-38-28-14-26(33)25(13-24(28)19-2-3-19)29(36)35-9-6-23(32)15-35;2-1-3/h10-14,18-19,23,27H,2-9,15-17H2,1H3;1H,(H,2,3). The molecule has 5 rings (SSSR count). The van der Waals surface area contributed by atoms with E-state index in [1.54, 1.807) is 19.2 Å². The topological polar surface area (TPSA) is 79.3 Å². The number of hydrogen-bond donors (Lipinski definition) is 1. The minimum absolute atomic E-state index is 0.0203. The van der Waals surface area contributed by atoms with Crippen molar-refractivity contribution in [2.45, 2.75) is 50.2 Å². The summed E-state index contributed by atoms with van der Waals surface area (Å²) in [5.41, 5.74) is 1.95. The molecule has 2 unspecified atom stereocenters. The number of likely N-dealkylation sites (tertiary alicyclic amines) is 2. The molecule has 1 saturated carbocycles. The van der Waals surface area contributed by atoms with Crippen LogP contribution in [-0.2, 0) is 9.53 Å². The number of alkyl halides is 1. The summed E-state index contributed by atoms with van der Waals surface area (Å²) in [6.45, 7) is 2.88. The van der Waals surface area contributed by atoms with Gasteiger partial charge in [-0.15, -0.1) is 0 Å². The number of benzene rings is 2. The van der Waals surface area contributed by atoms with E-state index in [-0.39, 0.29) is 30.5 Å². The van der Waals surface area contributed by atoms with Gasteiger partial charge < -0.3 is 19.5 Å². The molecule has 1 N–H and O–H groups in total. The molecule has 2 aliphatic heterocycles. The molecule has 2 aromatic carbocycles. The van der Waals surface area contributed by atoms with Gasteiger partial charge in [0.2, 0.25) is 0 Å². The van der Waals surface area contributed by atoms with E-state index in [0.717, 1.165) is 49.9 Å². The first-order chi connectivity index (χ1) is 19.7. The molecule has 2 atom stereocenters. The summed E-state index contributed by atoms with van der Waals surface area (Å²) >= 11 is 12.5. The average Bonchev–Trinajstić information content (AvgIpc) is 3.69. The number of nitrogens with zero attached hydrogens (tertiary/aromatic N) is 2. The number of ether oxygens (including phenoxy) is 2. The van der Waals surface area contributed by atoms with Crippen LogP contribution in [0.1, 0.15) is 65.5 Å². The van der Waals surface area contributed by atoms with Crippen molar-refractivity contribution < 1.29 is 33.0 Å². The van der Waals surface area contributed by atoms with Crippen LogP contribution in [0.2, 0.25) is 10.0 Å². The lowest BCUT2D eigenvalue weighted by Crippen LogP contribution is -2.39. The Bertz CT molecular complexity index is 1190. The molecule has 1 aliphatic carbocycles. The number of halogens is 4. The maximum Gasteiger partial charge on any atom is 0.290 e. The molecule has 0 bridgehead atoms. The lowest BCUT2D eigenvalue weighted by atomic mass is 9.95. The van der Waals surface area contributed by atoms with E-state index >= 15 is 4.39 Å². The van der Waals surface area contributed by atoms with Crippen LogP contribution >= 0.6 is 23.2 Å². The summed E-state index contributed by atoms with van der Waals surface area (Å²) in [7, 11) is 1.69. The van der Waals surface area contributed by atoms with Crippen molar-refractivity contribution in [3.63, 3.8) is 0 Å². The molecular weight excluding hydrogens is 577 g/mol. The monoisotopic (exact) mass is 612 g/mol. The number of hydrogen-bond acceptors (Lipinski definition) is 5. The Labute approximate surface area is 249 Å². The number of carbonyl (C=O) groups is 2. The second-order valence-electron chi connectivity index (χ2n) is 10.9. The first-order valence-electron chi connectivity index (χ1n) is 13.9. The smallest absolute Gasteiger partial charge is 0.290 e. The Kier molecular flexibility index (Phi) is 11.2. The summed E-state index contributed by atoms with van der Waals surface area (Å²) in [4.78, 5) is 25.0. The fourth-order valence-corrected chi connectivity index (χ4v) is 6.17. The van der Waals surface area contributed by atoms with Gasteiger partial charge in [0.1, 0.15) is 17.7 Å². The summed E-state index contributed by atoms with van der Waals surface area (Å²) in [5, 5.41) is 8.10. The molecule has 3 aliphatic rings. The lowest BCUT2D eigenvalue weighted by molar-refractivity contribution is -0.122. The number of carbonyl (C=O) groups excluding carboxylic acids is 1. The van der Waals surface area contributed by atoms with Crippen LogP contribution in [0.4, 0.5) is 8.78 Å². The molecule has 2 saturated heterocycles. The van der Waals surface area contributed by atoms with Gasteiger partial charge in [0.25, 0.3) is 12.4 Å². The van der Waals surface area contributed by atoms with Gasteiger partial charge in [-0.1, -0.05) is 23.2 Å². The van der Waals surface area contributed by atoms with E-state index < -0.39 is 17.9 Å². The highest BCUT2D eigenvalue weighted by molar-refractivity contribution is 6.34. The van der Waals surface area contributed by atoms with Gasteiger partial charge in [-0.3, -0.25) is 14.5 Å². The largest absolute Gasteiger partial charge is 0.493 e. The van der Waals surface area contributed by atoms with E-state index in [9.17, 15) is 9.18 Å². The minimum Gasteiger partial charge on any atom is -0.493 e. The van der Waals surface area contributed by atoms with Crippen molar-refractivity contribution in [2.75, 3.05) is 46.5 Å². The molecule has 0 spiro atoms. The molecule has 0 radical (unpaired) electrons. The zero-order chi connectivity index (χ0) is 29.5. The van der Waals surface area contributed by atoms with Gasteiger partial charge >= 0.3 is 0 Å². The molecule has 3 fully saturated rings. The van der Waals surface area contributed by atoms with Crippen LogP contribution in [0.25, 0.3) is 0 Å². The van der Waals surface area contributed by atoms with Gasteiger partial charge in [0.15, 0.2) is 0 Å². The first kappa shape index (κ1) is 31.5. The van der Waals surface area contributed by atoms with Crippen LogP contribution in [-0.4, -0.2) is 80.0 Å². The van der Waals surface area contributed by atoms with Crippen molar-refractivity contribution in [2.24, 2.45) is 5.92 Å². The van der Waals surface area contributed by atoms with Crippen molar-refractivity contribution in [1.29, 1.82) is 0 Å². The van der Waals surface area contributed by atoms with E-state index in [1.165, 1.54) is 11.0 Å². The maximum atomic E-state index is 15.1.